The van der Waals surface area contributed by atoms with Crippen LogP contribution in [0.3, 0.4) is 0 Å². The van der Waals surface area contributed by atoms with Crippen LogP contribution in [-0.4, -0.2) is 27.8 Å². The van der Waals surface area contributed by atoms with Gasteiger partial charge in [-0.3, -0.25) is 0 Å². The largest absolute Gasteiger partial charge is 0.362 e. The van der Waals surface area contributed by atoms with Crippen molar-refractivity contribution in [3.63, 3.8) is 0 Å². The average Bonchev–Trinajstić information content (AvgIpc) is 1.61. The minimum Gasteiger partial charge on any atom is -0.361 e. The van der Waals surface area contributed by atoms with Gasteiger partial charge in [-0.1, -0.05) is 0 Å². The smallest absolute Gasteiger partial charge is 0.361 e. The molecule has 1 aliphatic rings. The van der Waals surface area contributed by atoms with Crippen LogP contribution in [0.5, 0.6) is 0 Å². The van der Waals surface area contributed by atoms with Crippen LogP contribution in [0, 0.1) is 0 Å². The number of hydrogen-bond donors (Lipinski definition) is 2. The summed E-state index contributed by atoms with van der Waals surface area (Å²) in [6, 6.07) is 0. The normalized spacial score (nSPS) is 33.0. The Hall–Kier alpha value is -0.360. The van der Waals surface area contributed by atoms with Gasteiger partial charge in [0.25, 0.3) is 0 Å². The molecular weight excluding hydrogens is 156 g/mol. The zero-order chi connectivity index (χ0) is 8.21. The molecule has 0 aromatic heterocycles. The Morgan fingerprint density at radius 2 is 1.40 bits per heavy atom. The number of hydrogen-bond acceptors (Lipinski definition) is 2. The molecule has 1 aliphatic carbocycles. The zero-order valence-corrected chi connectivity index (χ0v) is 4.61. The molecule has 6 heteroatoms. The van der Waals surface area contributed by atoms with E-state index in [2.05, 4.69) is 0 Å². The molecule has 0 radical (unpaired) electrons. The molecule has 1 rings (SSSR count). The fraction of sp³-hybridized carbons (Fsp3) is 1.00. The Labute approximate surface area is 53.1 Å². The van der Waals surface area contributed by atoms with Gasteiger partial charge >= 0.3 is 11.8 Å². The molecule has 0 aromatic carbocycles. The third kappa shape index (κ3) is 0.603. The van der Waals surface area contributed by atoms with Crippen LogP contribution in [0.4, 0.5) is 17.6 Å². The van der Waals surface area contributed by atoms with Crippen LogP contribution in [0.1, 0.15) is 6.42 Å². The van der Waals surface area contributed by atoms with Gasteiger partial charge < -0.3 is 10.2 Å². The lowest BCUT2D eigenvalue weighted by Gasteiger charge is -2.46. The first-order valence-corrected chi connectivity index (χ1v) is 2.41. The minimum absolute atomic E-state index is 1.60. The fourth-order valence-corrected chi connectivity index (χ4v) is 0.718. The van der Waals surface area contributed by atoms with Gasteiger partial charge in [0.2, 0.25) is 5.79 Å². The Bertz CT molecular complexity index is 149. The first-order valence-electron chi connectivity index (χ1n) is 2.41. The van der Waals surface area contributed by atoms with Crippen LogP contribution < -0.4 is 0 Å². The molecule has 2 N–H and O–H groups in total. The maximum absolute atomic E-state index is 11.8. The van der Waals surface area contributed by atoms with Crippen LogP contribution >= 0.6 is 0 Å². The van der Waals surface area contributed by atoms with E-state index in [1.807, 2.05) is 0 Å². The second-order valence-electron chi connectivity index (χ2n) is 2.27. The maximum Gasteiger partial charge on any atom is 0.362 e. The molecule has 0 saturated heterocycles. The van der Waals surface area contributed by atoms with Crippen LogP contribution in [0.25, 0.3) is 0 Å². The molecule has 0 unspecified atom stereocenters. The molecule has 0 bridgehead atoms. The summed E-state index contributed by atoms with van der Waals surface area (Å²) in [6.07, 6.45) is -1.60. The standard InChI is InChI=1S/C4H4F4O2/c5-2(6)1-3(9,10)4(2,7)8/h9-10H,1H2. The van der Waals surface area contributed by atoms with Gasteiger partial charge in [0, 0.05) is 0 Å². The summed E-state index contributed by atoms with van der Waals surface area (Å²) in [5.41, 5.74) is 0. The summed E-state index contributed by atoms with van der Waals surface area (Å²) in [6.45, 7) is 0. The van der Waals surface area contributed by atoms with Crippen molar-refractivity contribution in [3.05, 3.63) is 0 Å². The second-order valence-corrected chi connectivity index (χ2v) is 2.27. The van der Waals surface area contributed by atoms with E-state index in [1.165, 1.54) is 0 Å². The molecule has 1 fully saturated rings. The van der Waals surface area contributed by atoms with E-state index in [9.17, 15) is 17.6 Å². The van der Waals surface area contributed by atoms with E-state index in [0.29, 0.717) is 0 Å². The Morgan fingerprint density at radius 3 is 1.40 bits per heavy atom. The molecule has 2 nitrogen and oxygen atoms in total. The topological polar surface area (TPSA) is 40.5 Å². The summed E-state index contributed by atoms with van der Waals surface area (Å²) in [5.74, 6) is -12.5. The zero-order valence-electron chi connectivity index (χ0n) is 4.61. The van der Waals surface area contributed by atoms with Gasteiger partial charge in [0.1, 0.15) is 0 Å². The number of rotatable bonds is 0. The summed E-state index contributed by atoms with van der Waals surface area (Å²) >= 11 is 0. The average molecular weight is 160 g/mol. The summed E-state index contributed by atoms with van der Waals surface area (Å²) < 4.78 is 47.2. The molecule has 0 heterocycles. The number of aliphatic hydroxyl groups is 2. The highest BCUT2D eigenvalue weighted by Gasteiger charge is 2.80. The third-order valence-corrected chi connectivity index (χ3v) is 1.43. The van der Waals surface area contributed by atoms with E-state index < -0.39 is 24.1 Å². The fourth-order valence-electron chi connectivity index (χ4n) is 0.718. The SMILES string of the molecule is OC1(O)CC(F)(F)C1(F)F. The number of halogens is 4. The van der Waals surface area contributed by atoms with Crippen molar-refractivity contribution < 1.29 is 27.8 Å². The Balaban J connectivity index is 2.85. The van der Waals surface area contributed by atoms with Crippen molar-refractivity contribution in [1.29, 1.82) is 0 Å². The lowest BCUT2D eigenvalue weighted by Crippen LogP contribution is -2.71. The molecule has 10 heavy (non-hydrogen) atoms. The van der Waals surface area contributed by atoms with Gasteiger partial charge in [-0.05, 0) is 0 Å². The van der Waals surface area contributed by atoms with E-state index in [0.717, 1.165) is 0 Å². The molecule has 1 saturated carbocycles. The van der Waals surface area contributed by atoms with Crippen molar-refractivity contribution in [1.82, 2.24) is 0 Å². The van der Waals surface area contributed by atoms with E-state index >= 15 is 0 Å². The third-order valence-electron chi connectivity index (χ3n) is 1.43. The Kier molecular flexibility index (Phi) is 1.12. The molecule has 60 valence electrons. The molecule has 0 amide bonds. The predicted molar refractivity (Wildman–Crippen MR) is 21.7 cm³/mol. The predicted octanol–water partition coefficient (Wildman–Crippen LogP) is 0.342. The molecule has 0 aromatic rings. The lowest BCUT2D eigenvalue weighted by atomic mass is 9.82. The quantitative estimate of drug-likeness (QED) is 0.396. The summed E-state index contributed by atoms with van der Waals surface area (Å²) in [4.78, 5) is 0. The summed E-state index contributed by atoms with van der Waals surface area (Å²) in [7, 11) is 0. The molecule has 0 aliphatic heterocycles. The van der Waals surface area contributed by atoms with Crippen molar-refractivity contribution in [2.75, 3.05) is 0 Å². The van der Waals surface area contributed by atoms with Crippen LogP contribution in [0.15, 0.2) is 0 Å². The molecular formula is C4H4F4O2. The van der Waals surface area contributed by atoms with Crippen LogP contribution in [-0.2, 0) is 0 Å². The Morgan fingerprint density at radius 1 is 1.00 bits per heavy atom. The molecule has 0 atom stereocenters. The monoisotopic (exact) mass is 160 g/mol. The highest BCUT2D eigenvalue weighted by molar-refractivity contribution is 5.08. The molecule has 0 spiro atoms. The van der Waals surface area contributed by atoms with Gasteiger partial charge in [-0.25, -0.2) is 0 Å². The van der Waals surface area contributed by atoms with Gasteiger partial charge in [-0.2, -0.15) is 17.6 Å². The van der Waals surface area contributed by atoms with Gasteiger partial charge in [0.05, 0.1) is 6.42 Å². The first kappa shape index (κ1) is 7.74. The minimum atomic E-state index is -4.71. The highest BCUT2D eigenvalue weighted by Crippen LogP contribution is 2.56. The van der Waals surface area contributed by atoms with Gasteiger partial charge in [-0.15, -0.1) is 0 Å². The van der Waals surface area contributed by atoms with E-state index in [1.54, 1.807) is 0 Å². The van der Waals surface area contributed by atoms with E-state index in [-0.39, 0.29) is 0 Å². The van der Waals surface area contributed by atoms with Crippen molar-refractivity contribution in [2.45, 2.75) is 24.1 Å². The number of alkyl halides is 4. The van der Waals surface area contributed by atoms with Crippen molar-refractivity contribution in [3.8, 4) is 0 Å². The lowest BCUT2D eigenvalue weighted by molar-refractivity contribution is -0.445. The van der Waals surface area contributed by atoms with Crippen molar-refractivity contribution in [2.24, 2.45) is 0 Å². The van der Waals surface area contributed by atoms with Crippen molar-refractivity contribution >= 4 is 0 Å². The maximum atomic E-state index is 11.8. The summed E-state index contributed by atoms with van der Waals surface area (Å²) in [5, 5.41) is 16.2. The first-order chi connectivity index (χ1) is 4.21. The highest BCUT2D eigenvalue weighted by atomic mass is 19.3. The van der Waals surface area contributed by atoms with Gasteiger partial charge in [0.15, 0.2) is 0 Å². The van der Waals surface area contributed by atoms with E-state index in [4.69, 9.17) is 10.2 Å². The van der Waals surface area contributed by atoms with Crippen LogP contribution in [0.2, 0.25) is 0 Å². The second kappa shape index (κ2) is 1.45.